The normalized spacial score (nSPS) is 17.9. The predicted octanol–water partition coefficient (Wildman–Crippen LogP) is 2.97. The number of imide groups is 1. The molecule has 2 amide bonds. The Morgan fingerprint density at radius 3 is 1.96 bits per heavy atom. The Morgan fingerprint density at radius 1 is 0.741 bits per heavy atom. The van der Waals surface area contributed by atoms with Gasteiger partial charge in [-0.25, -0.2) is 9.29 Å². The standard InChI is InChI=1S/C20H17ClFN3O2/c21-17-18(20(27)25(19(17)26)16-8-6-14(22)7-9-16)24-12-10-23(11-13-24)15-4-2-1-3-5-15/h1-9H,10-13H2. The molecule has 2 aliphatic heterocycles. The highest BCUT2D eigenvalue weighted by atomic mass is 35.5. The average Bonchev–Trinajstić information content (AvgIpc) is 2.92. The Hall–Kier alpha value is -2.86. The highest BCUT2D eigenvalue weighted by molar-refractivity contribution is 6.52. The molecular weight excluding hydrogens is 369 g/mol. The first-order valence-corrected chi connectivity index (χ1v) is 9.03. The first-order chi connectivity index (χ1) is 13.1. The minimum Gasteiger partial charge on any atom is -0.368 e. The van der Waals surface area contributed by atoms with E-state index in [1.165, 1.54) is 24.3 Å². The van der Waals surface area contributed by atoms with Crippen LogP contribution in [0.3, 0.4) is 0 Å². The third-order valence-electron chi connectivity index (χ3n) is 4.81. The lowest BCUT2D eigenvalue weighted by Crippen LogP contribution is -2.47. The molecule has 0 aromatic heterocycles. The Balaban J connectivity index is 1.51. The SMILES string of the molecule is O=C1C(Cl)=C(N2CCN(c3ccccc3)CC2)C(=O)N1c1ccc(F)cc1. The molecule has 0 aliphatic carbocycles. The highest BCUT2D eigenvalue weighted by Gasteiger charge is 2.41. The number of hydrogen-bond acceptors (Lipinski definition) is 4. The number of amides is 2. The maximum Gasteiger partial charge on any atom is 0.283 e. The topological polar surface area (TPSA) is 43.9 Å². The van der Waals surface area contributed by atoms with E-state index in [2.05, 4.69) is 4.90 Å². The maximum atomic E-state index is 13.2. The second kappa shape index (κ2) is 7.04. The van der Waals surface area contributed by atoms with E-state index in [1.54, 1.807) is 0 Å². The summed E-state index contributed by atoms with van der Waals surface area (Å²) in [7, 11) is 0. The number of anilines is 2. The van der Waals surface area contributed by atoms with Gasteiger partial charge in [0.25, 0.3) is 11.8 Å². The van der Waals surface area contributed by atoms with E-state index < -0.39 is 17.6 Å². The molecule has 2 aliphatic rings. The summed E-state index contributed by atoms with van der Waals surface area (Å²) in [4.78, 5) is 30.5. The molecule has 4 rings (SSSR count). The van der Waals surface area contributed by atoms with Gasteiger partial charge in [0.05, 0.1) is 5.69 Å². The van der Waals surface area contributed by atoms with Crippen molar-refractivity contribution in [3.05, 3.63) is 71.1 Å². The largest absolute Gasteiger partial charge is 0.368 e. The molecule has 27 heavy (non-hydrogen) atoms. The summed E-state index contributed by atoms with van der Waals surface area (Å²) in [6, 6.07) is 15.2. The van der Waals surface area contributed by atoms with Crippen molar-refractivity contribution in [1.82, 2.24) is 4.90 Å². The maximum absolute atomic E-state index is 13.2. The van der Waals surface area contributed by atoms with Gasteiger partial charge in [-0.15, -0.1) is 0 Å². The van der Waals surface area contributed by atoms with Crippen molar-refractivity contribution in [2.45, 2.75) is 0 Å². The van der Waals surface area contributed by atoms with Crippen LogP contribution >= 0.6 is 11.6 Å². The molecule has 1 saturated heterocycles. The molecule has 0 unspecified atom stereocenters. The summed E-state index contributed by atoms with van der Waals surface area (Å²) < 4.78 is 13.2. The second-order valence-electron chi connectivity index (χ2n) is 6.39. The zero-order valence-corrected chi connectivity index (χ0v) is 15.2. The van der Waals surface area contributed by atoms with Crippen LogP contribution < -0.4 is 9.80 Å². The van der Waals surface area contributed by atoms with Gasteiger partial charge in [0, 0.05) is 31.9 Å². The second-order valence-corrected chi connectivity index (χ2v) is 6.77. The number of para-hydroxylation sites is 1. The predicted molar refractivity (Wildman–Crippen MR) is 102 cm³/mol. The van der Waals surface area contributed by atoms with E-state index in [0.29, 0.717) is 18.8 Å². The Bertz CT molecular complexity index is 907. The van der Waals surface area contributed by atoms with Crippen molar-refractivity contribution >= 4 is 34.8 Å². The molecule has 0 N–H and O–H groups in total. The van der Waals surface area contributed by atoms with E-state index in [1.807, 2.05) is 35.2 Å². The van der Waals surface area contributed by atoms with Gasteiger partial charge < -0.3 is 9.80 Å². The van der Waals surface area contributed by atoms with Crippen molar-refractivity contribution in [2.75, 3.05) is 36.0 Å². The molecular formula is C20H17ClFN3O2. The van der Waals surface area contributed by atoms with Crippen molar-refractivity contribution in [3.63, 3.8) is 0 Å². The molecule has 0 saturated carbocycles. The minimum absolute atomic E-state index is 0.0857. The fourth-order valence-corrected chi connectivity index (χ4v) is 3.70. The summed E-state index contributed by atoms with van der Waals surface area (Å²) in [6.07, 6.45) is 0. The quantitative estimate of drug-likeness (QED) is 0.762. The van der Waals surface area contributed by atoms with Crippen LogP contribution in [0.1, 0.15) is 0 Å². The van der Waals surface area contributed by atoms with Gasteiger partial charge in [0.1, 0.15) is 16.5 Å². The van der Waals surface area contributed by atoms with Gasteiger partial charge in [-0.3, -0.25) is 9.59 Å². The van der Waals surface area contributed by atoms with Crippen molar-refractivity contribution in [1.29, 1.82) is 0 Å². The molecule has 5 nitrogen and oxygen atoms in total. The smallest absolute Gasteiger partial charge is 0.283 e. The van der Waals surface area contributed by atoms with Crippen LogP contribution in [0, 0.1) is 5.82 Å². The van der Waals surface area contributed by atoms with Crippen molar-refractivity contribution in [2.24, 2.45) is 0 Å². The zero-order chi connectivity index (χ0) is 19.0. The molecule has 1 fully saturated rings. The Labute approximate surface area is 161 Å². The van der Waals surface area contributed by atoms with E-state index in [0.717, 1.165) is 23.7 Å². The number of carbonyl (C=O) groups excluding carboxylic acids is 2. The molecule has 0 spiro atoms. The first kappa shape index (κ1) is 17.5. The van der Waals surface area contributed by atoms with Crippen LogP contribution in [-0.2, 0) is 9.59 Å². The van der Waals surface area contributed by atoms with Crippen LogP contribution in [0.15, 0.2) is 65.3 Å². The molecule has 2 aromatic carbocycles. The van der Waals surface area contributed by atoms with Gasteiger partial charge in [-0.2, -0.15) is 0 Å². The lowest BCUT2D eigenvalue weighted by molar-refractivity contribution is -0.121. The van der Waals surface area contributed by atoms with Crippen LogP contribution in [0.25, 0.3) is 0 Å². The van der Waals surface area contributed by atoms with E-state index >= 15 is 0 Å². The van der Waals surface area contributed by atoms with Crippen molar-refractivity contribution in [3.8, 4) is 0 Å². The zero-order valence-electron chi connectivity index (χ0n) is 14.4. The number of piperazine rings is 1. The number of nitrogens with zero attached hydrogens (tertiary/aromatic N) is 3. The van der Waals surface area contributed by atoms with Crippen molar-refractivity contribution < 1.29 is 14.0 Å². The Kier molecular flexibility index (Phi) is 4.58. The average molecular weight is 386 g/mol. The number of carbonyl (C=O) groups is 2. The summed E-state index contributed by atoms with van der Waals surface area (Å²) >= 11 is 6.22. The van der Waals surface area contributed by atoms with Gasteiger partial charge in [0.2, 0.25) is 0 Å². The Morgan fingerprint density at radius 2 is 1.33 bits per heavy atom. The summed E-state index contributed by atoms with van der Waals surface area (Å²) in [6.45, 7) is 2.60. The van der Waals surface area contributed by atoms with Crippen LogP contribution in [-0.4, -0.2) is 42.9 Å². The molecule has 2 heterocycles. The minimum atomic E-state index is -0.575. The molecule has 7 heteroatoms. The van der Waals surface area contributed by atoms with E-state index in [-0.39, 0.29) is 10.7 Å². The fraction of sp³-hybridized carbons (Fsp3) is 0.200. The summed E-state index contributed by atoms with van der Waals surface area (Å²) in [5.74, 6) is -1.48. The number of halogens is 2. The summed E-state index contributed by atoms with van der Waals surface area (Å²) in [5.41, 5.74) is 1.65. The van der Waals surface area contributed by atoms with Gasteiger partial charge in [0.15, 0.2) is 0 Å². The van der Waals surface area contributed by atoms with Gasteiger partial charge in [-0.1, -0.05) is 29.8 Å². The lowest BCUT2D eigenvalue weighted by Gasteiger charge is -2.37. The number of hydrogen-bond donors (Lipinski definition) is 0. The molecule has 138 valence electrons. The molecule has 0 bridgehead atoms. The molecule has 0 radical (unpaired) electrons. The number of benzene rings is 2. The summed E-state index contributed by atoms with van der Waals surface area (Å²) in [5, 5.41) is -0.0857. The molecule has 2 aromatic rings. The monoisotopic (exact) mass is 385 g/mol. The third kappa shape index (κ3) is 3.17. The van der Waals surface area contributed by atoms with Gasteiger partial charge in [-0.05, 0) is 36.4 Å². The van der Waals surface area contributed by atoms with Crippen LogP contribution in [0.2, 0.25) is 0 Å². The lowest BCUT2D eigenvalue weighted by atomic mass is 10.2. The van der Waals surface area contributed by atoms with Crippen LogP contribution in [0.5, 0.6) is 0 Å². The van der Waals surface area contributed by atoms with E-state index in [4.69, 9.17) is 11.6 Å². The van der Waals surface area contributed by atoms with Crippen LogP contribution in [0.4, 0.5) is 15.8 Å². The highest BCUT2D eigenvalue weighted by Crippen LogP contribution is 2.32. The van der Waals surface area contributed by atoms with Gasteiger partial charge >= 0.3 is 0 Å². The third-order valence-corrected chi connectivity index (χ3v) is 5.15. The fourth-order valence-electron chi connectivity index (χ4n) is 3.42. The first-order valence-electron chi connectivity index (χ1n) is 8.65. The molecule has 0 atom stereocenters. The van der Waals surface area contributed by atoms with E-state index in [9.17, 15) is 14.0 Å². The number of rotatable bonds is 3.